The fourth-order valence-corrected chi connectivity index (χ4v) is 2.19. The normalized spacial score (nSPS) is 35.5. The first-order valence-corrected chi connectivity index (χ1v) is 5.70. The molecule has 2 atom stereocenters. The Bertz CT molecular complexity index is 325. The van der Waals surface area contributed by atoms with E-state index >= 15 is 0 Å². The summed E-state index contributed by atoms with van der Waals surface area (Å²) in [5.41, 5.74) is 2.80. The summed E-state index contributed by atoms with van der Waals surface area (Å²) >= 11 is 0. The van der Waals surface area contributed by atoms with Crippen molar-refractivity contribution in [1.82, 2.24) is 10.2 Å². The number of rotatable bonds is 0. The average molecular weight is 204 g/mol. The van der Waals surface area contributed by atoms with Gasteiger partial charge in [-0.1, -0.05) is 25.2 Å². The third kappa shape index (κ3) is 2.15. The van der Waals surface area contributed by atoms with Crippen molar-refractivity contribution in [3.63, 3.8) is 0 Å². The van der Waals surface area contributed by atoms with E-state index in [0.717, 1.165) is 13.1 Å². The van der Waals surface area contributed by atoms with Gasteiger partial charge >= 0.3 is 0 Å². The van der Waals surface area contributed by atoms with Crippen LogP contribution in [0.3, 0.4) is 0 Å². The Balaban J connectivity index is 2.41. The van der Waals surface area contributed by atoms with E-state index in [-0.39, 0.29) is 0 Å². The van der Waals surface area contributed by atoms with Crippen LogP contribution < -0.4 is 5.32 Å². The molecule has 0 saturated carbocycles. The largest absolute Gasteiger partial charge is 0.373 e. The number of likely N-dealkylation sites (N-methyl/N-ethyl adjacent to an activating group) is 1. The lowest BCUT2D eigenvalue weighted by Crippen LogP contribution is -2.30. The van der Waals surface area contributed by atoms with Gasteiger partial charge in [0.2, 0.25) is 0 Å². The van der Waals surface area contributed by atoms with Crippen molar-refractivity contribution in [2.75, 3.05) is 20.1 Å². The molecule has 0 fully saturated rings. The molecular formula is C13H20N2. The average Bonchev–Trinajstić information content (AvgIpc) is 2.34. The smallest absolute Gasteiger partial charge is 0.0486 e. The minimum atomic E-state index is 0.414. The molecule has 2 unspecified atom stereocenters. The molecule has 0 amide bonds. The minimum absolute atomic E-state index is 0.414. The molecule has 0 aromatic rings. The van der Waals surface area contributed by atoms with Gasteiger partial charge in [-0.15, -0.1) is 0 Å². The summed E-state index contributed by atoms with van der Waals surface area (Å²) < 4.78 is 0. The Morgan fingerprint density at radius 2 is 2.13 bits per heavy atom. The standard InChI is InChI=1S/C13H20N2/c1-10-4-6-12-11(2)13(7-5-10)15(3)9-8-14-12/h4-7,10,12,14H,8-9H2,1-3H3/b6-4-,7-5-. The molecular weight excluding hydrogens is 184 g/mol. The molecule has 0 saturated heterocycles. The van der Waals surface area contributed by atoms with E-state index in [1.807, 2.05) is 0 Å². The van der Waals surface area contributed by atoms with Crippen LogP contribution in [0.2, 0.25) is 0 Å². The zero-order valence-corrected chi connectivity index (χ0v) is 9.83. The minimum Gasteiger partial charge on any atom is -0.373 e. The van der Waals surface area contributed by atoms with Crippen LogP contribution in [0.15, 0.2) is 35.6 Å². The second-order valence-electron chi connectivity index (χ2n) is 4.52. The van der Waals surface area contributed by atoms with Gasteiger partial charge in [-0.3, -0.25) is 0 Å². The Hall–Kier alpha value is -1.02. The van der Waals surface area contributed by atoms with E-state index in [2.05, 4.69) is 55.4 Å². The van der Waals surface area contributed by atoms with Crippen LogP contribution in [0.1, 0.15) is 13.8 Å². The van der Waals surface area contributed by atoms with Gasteiger partial charge in [0, 0.05) is 31.9 Å². The van der Waals surface area contributed by atoms with Crippen LogP contribution in [0.4, 0.5) is 0 Å². The maximum absolute atomic E-state index is 3.56. The second-order valence-corrected chi connectivity index (χ2v) is 4.52. The monoisotopic (exact) mass is 204 g/mol. The Labute approximate surface area is 92.3 Å². The molecule has 2 rings (SSSR count). The highest BCUT2D eigenvalue weighted by Gasteiger charge is 2.18. The lowest BCUT2D eigenvalue weighted by Gasteiger charge is -2.21. The Kier molecular flexibility index (Phi) is 2.96. The van der Waals surface area contributed by atoms with E-state index in [9.17, 15) is 0 Å². The highest BCUT2D eigenvalue weighted by molar-refractivity contribution is 5.33. The first-order valence-electron chi connectivity index (χ1n) is 5.70. The van der Waals surface area contributed by atoms with Gasteiger partial charge < -0.3 is 10.2 Å². The summed E-state index contributed by atoms with van der Waals surface area (Å²) in [6.07, 6.45) is 9.11. The highest BCUT2D eigenvalue weighted by Crippen LogP contribution is 2.20. The topological polar surface area (TPSA) is 15.3 Å². The molecule has 1 aliphatic carbocycles. The third-order valence-electron chi connectivity index (χ3n) is 3.26. The molecule has 2 nitrogen and oxygen atoms in total. The highest BCUT2D eigenvalue weighted by atomic mass is 15.1. The van der Waals surface area contributed by atoms with Crippen molar-refractivity contribution in [3.05, 3.63) is 35.6 Å². The molecule has 1 heterocycles. The number of fused-ring (bicyclic) bond motifs is 1. The van der Waals surface area contributed by atoms with Gasteiger partial charge in [0.05, 0.1) is 0 Å². The van der Waals surface area contributed by atoms with E-state index in [4.69, 9.17) is 0 Å². The van der Waals surface area contributed by atoms with E-state index in [1.54, 1.807) is 0 Å². The first-order chi connectivity index (χ1) is 7.18. The summed E-state index contributed by atoms with van der Waals surface area (Å²) in [7, 11) is 2.17. The van der Waals surface area contributed by atoms with E-state index in [0.29, 0.717) is 12.0 Å². The van der Waals surface area contributed by atoms with Crippen LogP contribution in [0.25, 0.3) is 0 Å². The molecule has 15 heavy (non-hydrogen) atoms. The first kappa shape index (κ1) is 10.5. The van der Waals surface area contributed by atoms with Crippen LogP contribution in [-0.4, -0.2) is 31.1 Å². The third-order valence-corrected chi connectivity index (χ3v) is 3.26. The summed E-state index contributed by atoms with van der Waals surface area (Å²) in [5, 5.41) is 3.56. The number of nitrogens with zero attached hydrogens (tertiary/aromatic N) is 1. The maximum Gasteiger partial charge on any atom is 0.0486 e. The van der Waals surface area contributed by atoms with E-state index in [1.165, 1.54) is 11.3 Å². The molecule has 0 radical (unpaired) electrons. The van der Waals surface area contributed by atoms with E-state index < -0.39 is 0 Å². The number of allylic oxidation sites excluding steroid dienone is 3. The van der Waals surface area contributed by atoms with Crippen molar-refractivity contribution < 1.29 is 0 Å². The summed E-state index contributed by atoms with van der Waals surface area (Å²) in [4.78, 5) is 2.34. The SMILES string of the molecule is CC1=C2/C=C\C(C)/C=C\C1NCCN2C. The molecule has 0 aromatic carbocycles. The molecule has 0 aromatic heterocycles. The van der Waals surface area contributed by atoms with Crippen molar-refractivity contribution in [1.29, 1.82) is 0 Å². The van der Waals surface area contributed by atoms with Crippen LogP contribution in [0.5, 0.6) is 0 Å². The molecule has 0 spiro atoms. The molecule has 1 N–H and O–H groups in total. The quantitative estimate of drug-likeness (QED) is 0.607. The second kappa shape index (κ2) is 4.23. The summed E-state index contributed by atoms with van der Waals surface area (Å²) in [5.74, 6) is 0.531. The van der Waals surface area contributed by atoms with Gasteiger partial charge in [-0.25, -0.2) is 0 Å². The molecule has 1 aliphatic heterocycles. The fourth-order valence-electron chi connectivity index (χ4n) is 2.19. The molecule has 2 heteroatoms. The zero-order chi connectivity index (χ0) is 10.8. The Morgan fingerprint density at radius 1 is 1.33 bits per heavy atom. The van der Waals surface area contributed by atoms with Crippen molar-refractivity contribution in [2.24, 2.45) is 5.92 Å². The Morgan fingerprint density at radius 3 is 2.93 bits per heavy atom. The van der Waals surface area contributed by atoms with Crippen molar-refractivity contribution in [2.45, 2.75) is 19.9 Å². The van der Waals surface area contributed by atoms with Gasteiger partial charge in [0.15, 0.2) is 0 Å². The van der Waals surface area contributed by atoms with Crippen molar-refractivity contribution >= 4 is 0 Å². The van der Waals surface area contributed by atoms with Crippen LogP contribution in [-0.2, 0) is 0 Å². The number of nitrogens with one attached hydrogen (secondary N) is 1. The fraction of sp³-hybridized carbons (Fsp3) is 0.538. The van der Waals surface area contributed by atoms with Crippen LogP contribution >= 0.6 is 0 Å². The number of hydrogen-bond donors (Lipinski definition) is 1. The lowest BCUT2D eigenvalue weighted by molar-refractivity contribution is 0.434. The van der Waals surface area contributed by atoms with Gasteiger partial charge in [-0.05, 0) is 24.5 Å². The number of hydrogen-bond acceptors (Lipinski definition) is 2. The molecule has 2 aliphatic rings. The van der Waals surface area contributed by atoms with Gasteiger partial charge in [0.1, 0.15) is 0 Å². The lowest BCUT2D eigenvalue weighted by atomic mass is 9.99. The summed E-state index contributed by atoms with van der Waals surface area (Å²) in [6.45, 7) is 6.57. The molecule has 2 bridgehead atoms. The van der Waals surface area contributed by atoms with Crippen molar-refractivity contribution in [3.8, 4) is 0 Å². The van der Waals surface area contributed by atoms with Crippen LogP contribution in [0, 0.1) is 5.92 Å². The van der Waals surface area contributed by atoms with Gasteiger partial charge in [0.25, 0.3) is 0 Å². The summed E-state index contributed by atoms with van der Waals surface area (Å²) in [6, 6.07) is 0.414. The maximum atomic E-state index is 3.56. The molecule has 82 valence electrons. The zero-order valence-electron chi connectivity index (χ0n) is 9.83. The van der Waals surface area contributed by atoms with Gasteiger partial charge in [-0.2, -0.15) is 0 Å². The predicted molar refractivity (Wildman–Crippen MR) is 64.6 cm³/mol. The predicted octanol–water partition coefficient (Wildman–Crippen LogP) is 1.93.